The Morgan fingerprint density at radius 2 is 2.03 bits per heavy atom. The summed E-state index contributed by atoms with van der Waals surface area (Å²) < 4.78 is 7.50. The Labute approximate surface area is 194 Å². The number of rotatable bonds is 12. The first-order valence-electron chi connectivity index (χ1n) is 11.2. The lowest BCUT2D eigenvalue weighted by atomic mass is 10.2. The fourth-order valence-electron chi connectivity index (χ4n) is 3.61. The molecular weight excluding hydrogens is 422 g/mol. The van der Waals surface area contributed by atoms with Crippen molar-refractivity contribution >= 4 is 17.7 Å². The number of nitrogens with one attached hydrogen (secondary N) is 1. The second kappa shape index (κ2) is 11.9. The van der Waals surface area contributed by atoms with Gasteiger partial charge in [0.05, 0.1) is 17.7 Å². The van der Waals surface area contributed by atoms with Crippen molar-refractivity contribution in [3.63, 3.8) is 0 Å². The largest absolute Gasteiger partial charge is 0.461 e. The molecule has 2 heterocycles. The molecule has 1 amide bonds. The Hall–Kier alpha value is -2.58. The average molecular weight is 456 g/mol. The lowest BCUT2D eigenvalue weighted by Crippen LogP contribution is -2.34. The van der Waals surface area contributed by atoms with Crippen molar-refractivity contribution < 1.29 is 9.21 Å². The predicted molar refractivity (Wildman–Crippen MR) is 129 cm³/mol. The molecule has 0 saturated heterocycles. The van der Waals surface area contributed by atoms with Crippen molar-refractivity contribution in [2.24, 2.45) is 0 Å². The molecule has 0 bridgehead atoms. The van der Waals surface area contributed by atoms with Crippen molar-refractivity contribution in [1.82, 2.24) is 25.0 Å². The quantitative estimate of drug-likeness (QED) is 0.404. The van der Waals surface area contributed by atoms with E-state index >= 15 is 0 Å². The van der Waals surface area contributed by atoms with Crippen molar-refractivity contribution in [2.45, 2.75) is 51.7 Å². The molecule has 7 nitrogen and oxygen atoms in total. The minimum Gasteiger partial charge on any atom is -0.461 e. The minimum absolute atomic E-state index is 0.00341. The van der Waals surface area contributed by atoms with Crippen molar-refractivity contribution in [3.05, 3.63) is 48.2 Å². The molecule has 3 rings (SSSR count). The number of thioether (sulfide) groups is 1. The third-order valence-electron chi connectivity index (χ3n) is 5.38. The van der Waals surface area contributed by atoms with Crippen LogP contribution in [0.15, 0.2) is 52.2 Å². The molecule has 0 aliphatic rings. The second-order valence-corrected chi connectivity index (χ2v) is 8.83. The zero-order valence-electron chi connectivity index (χ0n) is 19.4. The van der Waals surface area contributed by atoms with Gasteiger partial charge in [0.15, 0.2) is 10.9 Å². The Kier molecular flexibility index (Phi) is 8.93. The van der Waals surface area contributed by atoms with Gasteiger partial charge in [-0.2, -0.15) is 0 Å². The highest BCUT2D eigenvalue weighted by atomic mass is 32.2. The Bertz CT molecular complexity index is 982. The molecule has 0 aliphatic carbocycles. The first-order valence-corrected chi connectivity index (χ1v) is 12.2. The second-order valence-electron chi connectivity index (χ2n) is 7.88. The molecule has 8 heteroatoms. The normalized spacial score (nSPS) is 12.3. The molecule has 2 aromatic heterocycles. The van der Waals surface area contributed by atoms with Crippen LogP contribution in [0.3, 0.4) is 0 Å². The Balaban J connectivity index is 1.63. The molecule has 1 atom stereocenters. The smallest absolute Gasteiger partial charge is 0.230 e. The fraction of sp³-hybridized carbons (Fsp3) is 0.458. The van der Waals surface area contributed by atoms with Gasteiger partial charge < -0.3 is 14.6 Å². The summed E-state index contributed by atoms with van der Waals surface area (Å²) >= 11 is 1.38. The number of carbonyl (C=O) groups excluding carboxylic acids is 1. The maximum absolute atomic E-state index is 12.6. The molecule has 0 spiro atoms. The van der Waals surface area contributed by atoms with E-state index < -0.39 is 0 Å². The van der Waals surface area contributed by atoms with Crippen LogP contribution in [-0.2, 0) is 4.79 Å². The van der Waals surface area contributed by atoms with Crippen LogP contribution >= 0.6 is 11.8 Å². The summed E-state index contributed by atoms with van der Waals surface area (Å²) in [5, 5.41) is 12.5. The average Bonchev–Trinajstić information content (AvgIpc) is 3.45. The zero-order valence-corrected chi connectivity index (χ0v) is 20.2. The van der Waals surface area contributed by atoms with E-state index in [2.05, 4.69) is 47.3 Å². The molecular formula is C24H33N5O2S. The third-order valence-corrected chi connectivity index (χ3v) is 6.31. The lowest BCUT2D eigenvalue weighted by molar-refractivity contribution is -0.119. The SMILES string of the molecule is CCN(CC)CCCC(C)NC(=O)CSc1nnc(-c2ccco2)n1-c1cccc(C)c1. The van der Waals surface area contributed by atoms with E-state index in [4.69, 9.17) is 4.42 Å². The first kappa shape index (κ1) is 24.1. The van der Waals surface area contributed by atoms with Crippen LogP contribution in [0.5, 0.6) is 0 Å². The molecule has 0 radical (unpaired) electrons. The third kappa shape index (κ3) is 6.46. The van der Waals surface area contributed by atoms with E-state index in [1.54, 1.807) is 6.26 Å². The van der Waals surface area contributed by atoms with Gasteiger partial charge in [0, 0.05) is 6.04 Å². The number of furan rings is 1. The summed E-state index contributed by atoms with van der Waals surface area (Å²) in [6.45, 7) is 11.7. The summed E-state index contributed by atoms with van der Waals surface area (Å²) in [6, 6.07) is 11.9. The zero-order chi connectivity index (χ0) is 22.9. The van der Waals surface area contributed by atoms with Gasteiger partial charge in [-0.25, -0.2) is 0 Å². The van der Waals surface area contributed by atoms with E-state index in [9.17, 15) is 4.79 Å². The van der Waals surface area contributed by atoms with E-state index in [1.807, 2.05) is 41.8 Å². The highest BCUT2D eigenvalue weighted by Crippen LogP contribution is 2.28. The standard InChI is InChI=1S/C24H33N5O2S/c1-5-28(6-2)14-8-11-19(4)25-22(30)17-32-24-27-26-23(21-13-9-15-31-21)29(24)20-12-7-10-18(3)16-20/h7,9-10,12-13,15-16,19H,5-6,8,11,14,17H2,1-4H3,(H,25,30). The number of nitrogens with zero attached hydrogens (tertiary/aromatic N) is 4. The molecule has 0 aliphatic heterocycles. The van der Waals surface area contributed by atoms with E-state index in [-0.39, 0.29) is 17.7 Å². The molecule has 1 aromatic carbocycles. The number of benzene rings is 1. The summed E-state index contributed by atoms with van der Waals surface area (Å²) in [6.07, 6.45) is 3.66. The number of aromatic nitrogens is 3. The van der Waals surface area contributed by atoms with Crippen LogP contribution in [-0.4, -0.2) is 57.0 Å². The molecule has 1 N–H and O–H groups in total. The number of hydrogen-bond acceptors (Lipinski definition) is 6. The van der Waals surface area contributed by atoms with E-state index in [0.717, 1.165) is 43.7 Å². The number of aryl methyl sites for hydroxylation is 1. The minimum atomic E-state index is 0.00341. The predicted octanol–water partition coefficient (Wildman–Crippen LogP) is 4.55. The molecule has 172 valence electrons. The highest BCUT2D eigenvalue weighted by Gasteiger charge is 2.19. The van der Waals surface area contributed by atoms with Gasteiger partial charge in [-0.1, -0.05) is 37.7 Å². The fourth-order valence-corrected chi connectivity index (χ4v) is 4.37. The maximum Gasteiger partial charge on any atom is 0.230 e. The maximum atomic E-state index is 12.6. The van der Waals surface area contributed by atoms with Crippen LogP contribution in [0.25, 0.3) is 17.3 Å². The van der Waals surface area contributed by atoms with Gasteiger partial charge in [0.1, 0.15) is 0 Å². The van der Waals surface area contributed by atoms with Gasteiger partial charge in [-0.05, 0) is 76.2 Å². The van der Waals surface area contributed by atoms with Crippen LogP contribution in [0.2, 0.25) is 0 Å². The summed E-state index contributed by atoms with van der Waals surface area (Å²) in [4.78, 5) is 15.0. The Morgan fingerprint density at radius 1 is 1.22 bits per heavy atom. The summed E-state index contributed by atoms with van der Waals surface area (Å²) in [5.74, 6) is 1.54. The summed E-state index contributed by atoms with van der Waals surface area (Å²) in [7, 11) is 0. The number of carbonyl (C=O) groups is 1. The van der Waals surface area contributed by atoms with Crippen molar-refractivity contribution in [2.75, 3.05) is 25.4 Å². The highest BCUT2D eigenvalue weighted by molar-refractivity contribution is 7.99. The van der Waals surface area contributed by atoms with Gasteiger partial charge in [0.25, 0.3) is 0 Å². The molecule has 1 unspecified atom stereocenters. The Morgan fingerprint density at radius 3 is 2.72 bits per heavy atom. The summed E-state index contributed by atoms with van der Waals surface area (Å²) in [5.41, 5.74) is 2.07. The van der Waals surface area contributed by atoms with Gasteiger partial charge in [0.2, 0.25) is 11.7 Å². The van der Waals surface area contributed by atoms with Crippen LogP contribution in [0.4, 0.5) is 0 Å². The van der Waals surface area contributed by atoms with Gasteiger partial charge in [-0.15, -0.1) is 10.2 Å². The van der Waals surface area contributed by atoms with Crippen LogP contribution in [0, 0.1) is 6.92 Å². The molecule has 0 saturated carbocycles. The monoisotopic (exact) mass is 455 g/mol. The van der Waals surface area contributed by atoms with Crippen LogP contribution in [0.1, 0.15) is 39.2 Å². The van der Waals surface area contributed by atoms with Crippen molar-refractivity contribution in [1.29, 1.82) is 0 Å². The van der Waals surface area contributed by atoms with E-state index in [0.29, 0.717) is 16.7 Å². The van der Waals surface area contributed by atoms with Gasteiger partial charge >= 0.3 is 0 Å². The van der Waals surface area contributed by atoms with Crippen molar-refractivity contribution in [3.8, 4) is 17.3 Å². The molecule has 0 fully saturated rings. The first-order chi connectivity index (χ1) is 15.5. The van der Waals surface area contributed by atoms with E-state index in [1.165, 1.54) is 11.8 Å². The molecule has 32 heavy (non-hydrogen) atoms. The number of hydrogen-bond donors (Lipinski definition) is 1. The topological polar surface area (TPSA) is 76.2 Å². The lowest BCUT2D eigenvalue weighted by Gasteiger charge is -2.19. The molecule has 3 aromatic rings. The van der Waals surface area contributed by atoms with Gasteiger partial charge in [-0.3, -0.25) is 9.36 Å². The van der Waals surface area contributed by atoms with Crippen LogP contribution < -0.4 is 5.32 Å². The number of amides is 1.